The number of carbonyl (C=O) groups excluding carboxylic acids is 1. The molecule has 0 radical (unpaired) electrons. The number of ether oxygens (including phenoxy) is 1. The Balaban J connectivity index is 4.50. The van der Waals surface area contributed by atoms with Crippen LogP contribution in [0.1, 0.15) is 33.6 Å². The molecule has 0 aliphatic heterocycles. The fourth-order valence-corrected chi connectivity index (χ4v) is 1.12. The lowest BCUT2D eigenvalue weighted by Gasteiger charge is -2.24. The second-order valence-corrected chi connectivity index (χ2v) is 4.80. The van der Waals surface area contributed by atoms with Gasteiger partial charge in [-0.05, 0) is 20.3 Å². The van der Waals surface area contributed by atoms with E-state index in [0.717, 1.165) is 0 Å². The summed E-state index contributed by atoms with van der Waals surface area (Å²) in [6.45, 7) is 3.75. The highest BCUT2D eigenvalue weighted by atomic mass is 19.4. The number of halogens is 6. The molecule has 0 fully saturated rings. The van der Waals surface area contributed by atoms with Crippen LogP contribution in [0.15, 0.2) is 0 Å². The Morgan fingerprint density at radius 2 is 1.47 bits per heavy atom. The van der Waals surface area contributed by atoms with E-state index in [0.29, 0.717) is 6.42 Å². The standard InChI is InChI=1S/C11H16F6O2/c1-4-9(2,3)8(18)19-6-5-7(10(12,13)14)11(15,16)17/h7H,4-6H2,1-3H3. The Bertz CT molecular complexity index is 291. The van der Waals surface area contributed by atoms with Crippen molar-refractivity contribution in [3.8, 4) is 0 Å². The van der Waals surface area contributed by atoms with E-state index in [1.54, 1.807) is 6.92 Å². The van der Waals surface area contributed by atoms with Gasteiger partial charge in [0.1, 0.15) is 0 Å². The predicted molar refractivity (Wildman–Crippen MR) is 55.2 cm³/mol. The van der Waals surface area contributed by atoms with E-state index in [1.165, 1.54) is 13.8 Å². The summed E-state index contributed by atoms with van der Waals surface area (Å²) in [5, 5.41) is 0. The molecule has 0 saturated heterocycles. The van der Waals surface area contributed by atoms with Gasteiger partial charge in [0.25, 0.3) is 0 Å². The zero-order valence-corrected chi connectivity index (χ0v) is 10.8. The van der Waals surface area contributed by atoms with Crippen LogP contribution in [0.3, 0.4) is 0 Å². The van der Waals surface area contributed by atoms with Crippen molar-refractivity contribution in [2.75, 3.05) is 6.61 Å². The summed E-state index contributed by atoms with van der Waals surface area (Å²) in [6, 6.07) is 0. The van der Waals surface area contributed by atoms with Gasteiger partial charge in [-0.25, -0.2) is 0 Å². The first-order valence-corrected chi connectivity index (χ1v) is 5.63. The average molecular weight is 294 g/mol. The van der Waals surface area contributed by atoms with E-state index in [-0.39, 0.29) is 0 Å². The van der Waals surface area contributed by atoms with Crippen LogP contribution < -0.4 is 0 Å². The minimum Gasteiger partial charge on any atom is -0.465 e. The monoisotopic (exact) mass is 294 g/mol. The fourth-order valence-electron chi connectivity index (χ4n) is 1.12. The maximum atomic E-state index is 12.2. The highest BCUT2D eigenvalue weighted by Crippen LogP contribution is 2.41. The van der Waals surface area contributed by atoms with Gasteiger partial charge in [-0.15, -0.1) is 0 Å². The number of carbonyl (C=O) groups is 1. The maximum Gasteiger partial charge on any atom is 0.400 e. The first-order valence-electron chi connectivity index (χ1n) is 5.63. The molecule has 114 valence electrons. The SMILES string of the molecule is CCC(C)(C)C(=O)OCCC(C(F)(F)F)C(F)(F)F. The van der Waals surface area contributed by atoms with Crippen molar-refractivity contribution >= 4 is 5.97 Å². The van der Waals surface area contributed by atoms with Gasteiger partial charge in [-0.3, -0.25) is 4.79 Å². The van der Waals surface area contributed by atoms with Crippen LogP contribution in [-0.4, -0.2) is 24.9 Å². The third-order valence-electron chi connectivity index (χ3n) is 2.87. The molecule has 0 unspecified atom stereocenters. The normalized spacial score (nSPS) is 13.8. The van der Waals surface area contributed by atoms with Gasteiger partial charge in [-0.1, -0.05) is 6.92 Å². The average Bonchev–Trinajstić information content (AvgIpc) is 2.20. The molecule has 8 heteroatoms. The molecule has 0 aliphatic rings. The molecule has 0 spiro atoms. The molecule has 0 heterocycles. The van der Waals surface area contributed by atoms with Crippen molar-refractivity contribution in [1.82, 2.24) is 0 Å². The Morgan fingerprint density at radius 1 is 1.05 bits per heavy atom. The van der Waals surface area contributed by atoms with Crippen molar-refractivity contribution in [1.29, 1.82) is 0 Å². The molecule has 0 amide bonds. The molecule has 0 aromatic rings. The van der Waals surface area contributed by atoms with Crippen molar-refractivity contribution in [2.24, 2.45) is 11.3 Å². The van der Waals surface area contributed by atoms with Gasteiger partial charge >= 0.3 is 18.3 Å². The Kier molecular flexibility index (Phi) is 5.70. The molecule has 19 heavy (non-hydrogen) atoms. The minimum atomic E-state index is -5.40. The molecule has 0 N–H and O–H groups in total. The van der Waals surface area contributed by atoms with Crippen LogP contribution in [0.25, 0.3) is 0 Å². The lowest BCUT2D eigenvalue weighted by atomic mass is 9.91. The van der Waals surface area contributed by atoms with Gasteiger partial charge in [0.2, 0.25) is 0 Å². The van der Waals surface area contributed by atoms with E-state index in [9.17, 15) is 31.1 Å². The summed E-state index contributed by atoms with van der Waals surface area (Å²) >= 11 is 0. The molecule has 0 saturated carbocycles. The number of hydrogen-bond acceptors (Lipinski definition) is 2. The lowest BCUT2D eigenvalue weighted by molar-refractivity contribution is -0.287. The number of rotatable bonds is 5. The van der Waals surface area contributed by atoms with Crippen LogP contribution in [-0.2, 0) is 9.53 Å². The van der Waals surface area contributed by atoms with E-state index < -0.39 is 42.7 Å². The van der Waals surface area contributed by atoms with Crippen LogP contribution in [0.5, 0.6) is 0 Å². The predicted octanol–water partition coefficient (Wildman–Crippen LogP) is 4.10. The summed E-state index contributed by atoms with van der Waals surface area (Å²) in [4.78, 5) is 11.4. The van der Waals surface area contributed by atoms with Crippen LogP contribution >= 0.6 is 0 Å². The zero-order chi connectivity index (χ0) is 15.5. The quantitative estimate of drug-likeness (QED) is 0.564. The van der Waals surface area contributed by atoms with Crippen LogP contribution in [0.4, 0.5) is 26.3 Å². The van der Waals surface area contributed by atoms with Gasteiger partial charge in [0.05, 0.1) is 12.0 Å². The van der Waals surface area contributed by atoms with E-state index in [2.05, 4.69) is 4.74 Å². The van der Waals surface area contributed by atoms with Crippen molar-refractivity contribution in [3.05, 3.63) is 0 Å². The summed E-state index contributed by atoms with van der Waals surface area (Å²) < 4.78 is 77.6. The van der Waals surface area contributed by atoms with Crippen LogP contribution in [0, 0.1) is 11.3 Å². The molecular formula is C11H16F6O2. The highest BCUT2D eigenvalue weighted by molar-refractivity contribution is 5.75. The third-order valence-corrected chi connectivity index (χ3v) is 2.87. The zero-order valence-electron chi connectivity index (χ0n) is 10.8. The maximum absolute atomic E-state index is 12.2. The fraction of sp³-hybridized carbons (Fsp3) is 0.909. The number of alkyl halides is 6. The summed E-state index contributed by atoms with van der Waals surface area (Å²) in [5.74, 6) is -4.28. The minimum absolute atomic E-state index is 0.369. The van der Waals surface area contributed by atoms with Crippen LogP contribution in [0.2, 0.25) is 0 Å². The van der Waals surface area contributed by atoms with Crippen molar-refractivity contribution in [2.45, 2.75) is 46.0 Å². The van der Waals surface area contributed by atoms with Gasteiger partial charge < -0.3 is 4.74 Å². The Hall–Kier alpha value is -0.950. The van der Waals surface area contributed by atoms with Crippen molar-refractivity contribution in [3.63, 3.8) is 0 Å². The number of hydrogen-bond donors (Lipinski definition) is 0. The Labute approximate surface area is 107 Å². The molecule has 0 aliphatic carbocycles. The molecule has 0 aromatic carbocycles. The van der Waals surface area contributed by atoms with Crippen molar-refractivity contribution < 1.29 is 35.9 Å². The first-order chi connectivity index (χ1) is 8.32. The van der Waals surface area contributed by atoms with E-state index in [1.807, 2.05) is 0 Å². The summed E-state index contributed by atoms with van der Waals surface area (Å²) in [6.07, 6.45) is -11.7. The second-order valence-electron chi connectivity index (χ2n) is 4.80. The smallest absolute Gasteiger partial charge is 0.400 e. The lowest BCUT2D eigenvalue weighted by Crippen LogP contribution is -2.37. The molecular weight excluding hydrogens is 278 g/mol. The summed E-state index contributed by atoms with van der Waals surface area (Å²) in [5.41, 5.74) is -0.925. The van der Waals surface area contributed by atoms with Gasteiger partial charge in [0.15, 0.2) is 5.92 Å². The summed E-state index contributed by atoms with van der Waals surface area (Å²) in [7, 11) is 0. The van der Waals surface area contributed by atoms with E-state index in [4.69, 9.17) is 0 Å². The van der Waals surface area contributed by atoms with Gasteiger partial charge in [-0.2, -0.15) is 26.3 Å². The third kappa shape index (κ3) is 5.69. The number of esters is 1. The molecule has 0 aromatic heterocycles. The molecule has 2 nitrogen and oxygen atoms in total. The second kappa shape index (κ2) is 6.00. The molecule has 0 bridgehead atoms. The van der Waals surface area contributed by atoms with Gasteiger partial charge in [0, 0.05) is 6.42 Å². The Morgan fingerprint density at radius 3 is 1.79 bits per heavy atom. The topological polar surface area (TPSA) is 26.3 Å². The molecule has 0 rings (SSSR count). The first kappa shape index (κ1) is 18.0. The van der Waals surface area contributed by atoms with E-state index >= 15 is 0 Å². The largest absolute Gasteiger partial charge is 0.465 e. The molecule has 0 atom stereocenters. The highest BCUT2D eigenvalue weighted by Gasteiger charge is 2.56.